The van der Waals surface area contributed by atoms with E-state index in [9.17, 15) is 9.59 Å². The highest BCUT2D eigenvalue weighted by Crippen LogP contribution is 2.21. The summed E-state index contributed by atoms with van der Waals surface area (Å²) in [7, 11) is 0. The van der Waals surface area contributed by atoms with Crippen molar-refractivity contribution in [2.45, 2.75) is 0 Å². The number of carboxylic acid groups (broad SMARTS) is 1. The van der Waals surface area contributed by atoms with Gasteiger partial charge in [0.05, 0.1) is 5.56 Å². The van der Waals surface area contributed by atoms with E-state index in [-0.39, 0.29) is 27.2 Å². The van der Waals surface area contributed by atoms with Crippen molar-refractivity contribution in [1.82, 2.24) is 4.98 Å². The van der Waals surface area contributed by atoms with Crippen molar-refractivity contribution in [3.63, 3.8) is 0 Å². The van der Waals surface area contributed by atoms with E-state index in [4.69, 9.17) is 33.0 Å². The Hall–Kier alpha value is -2.11. The van der Waals surface area contributed by atoms with E-state index in [2.05, 4.69) is 4.98 Å². The van der Waals surface area contributed by atoms with Crippen molar-refractivity contribution in [3.05, 3.63) is 57.8 Å². The van der Waals surface area contributed by atoms with Crippen LogP contribution in [0.25, 0.3) is 0 Å². The summed E-state index contributed by atoms with van der Waals surface area (Å²) in [4.78, 5) is 26.6. The molecule has 0 aliphatic rings. The number of hydrogen-bond donors (Lipinski definition) is 1. The molecule has 2 rings (SSSR count). The number of carboxylic acids is 1. The molecule has 1 aromatic heterocycles. The molecule has 0 saturated heterocycles. The zero-order valence-corrected chi connectivity index (χ0v) is 11.4. The molecule has 0 spiro atoms. The van der Waals surface area contributed by atoms with Crippen LogP contribution in [0.5, 0.6) is 5.75 Å². The van der Waals surface area contributed by atoms with Crippen LogP contribution in [0.4, 0.5) is 0 Å². The normalized spacial score (nSPS) is 10.1. The number of ether oxygens (including phenoxy) is 1. The van der Waals surface area contributed by atoms with Crippen LogP contribution >= 0.6 is 23.2 Å². The standard InChI is InChI=1S/C13H7Cl2NO4/c14-10-5-7(6-11(15)16-10)13(19)20-9-4-2-1-3-8(9)12(17)18/h1-6H,(H,17,18). The van der Waals surface area contributed by atoms with Crippen LogP contribution in [-0.2, 0) is 0 Å². The largest absolute Gasteiger partial charge is 0.478 e. The number of pyridine rings is 1. The van der Waals surface area contributed by atoms with Gasteiger partial charge in [-0.2, -0.15) is 0 Å². The van der Waals surface area contributed by atoms with E-state index in [1.807, 2.05) is 0 Å². The molecule has 0 fully saturated rings. The third-order valence-electron chi connectivity index (χ3n) is 2.32. The Bertz CT molecular complexity index is 668. The van der Waals surface area contributed by atoms with E-state index in [1.165, 1.54) is 30.3 Å². The molecule has 0 atom stereocenters. The Morgan fingerprint density at radius 2 is 1.70 bits per heavy atom. The predicted molar refractivity (Wildman–Crippen MR) is 72.6 cm³/mol. The lowest BCUT2D eigenvalue weighted by atomic mass is 10.2. The molecule has 1 aromatic carbocycles. The second-order valence-electron chi connectivity index (χ2n) is 3.69. The van der Waals surface area contributed by atoms with Gasteiger partial charge in [-0.3, -0.25) is 0 Å². The first kappa shape index (κ1) is 14.3. The number of aromatic carboxylic acids is 1. The Kier molecular flexibility index (Phi) is 4.22. The highest BCUT2D eigenvalue weighted by molar-refractivity contribution is 6.33. The lowest BCUT2D eigenvalue weighted by Gasteiger charge is -2.07. The number of rotatable bonds is 3. The van der Waals surface area contributed by atoms with Crippen LogP contribution in [0.3, 0.4) is 0 Å². The highest BCUT2D eigenvalue weighted by Gasteiger charge is 2.16. The van der Waals surface area contributed by atoms with Crippen molar-refractivity contribution >= 4 is 35.1 Å². The third-order valence-corrected chi connectivity index (χ3v) is 2.71. The summed E-state index contributed by atoms with van der Waals surface area (Å²) < 4.78 is 5.04. The number of aromatic nitrogens is 1. The Morgan fingerprint density at radius 3 is 2.30 bits per heavy atom. The monoisotopic (exact) mass is 311 g/mol. The average Bonchev–Trinajstić information content (AvgIpc) is 2.37. The first-order valence-corrected chi connectivity index (χ1v) is 6.10. The molecule has 0 saturated carbocycles. The second kappa shape index (κ2) is 5.90. The quantitative estimate of drug-likeness (QED) is 0.534. The van der Waals surface area contributed by atoms with Crippen molar-refractivity contribution < 1.29 is 19.4 Å². The smallest absolute Gasteiger partial charge is 0.343 e. The number of hydrogen-bond acceptors (Lipinski definition) is 4. The number of esters is 1. The summed E-state index contributed by atoms with van der Waals surface area (Å²) in [6.45, 7) is 0. The summed E-state index contributed by atoms with van der Waals surface area (Å²) in [6, 6.07) is 8.35. The summed E-state index contributed by atoms with van der Waals surface area (Å²) in [5.74, 6) is -2.03. The van der Waals surface area contributed by atoms with Crippen LogP contribution < -0.4 is 4.74 Å². The van der Waals surface area contributed by atoms with Gasteiger partial charge < -0.3 is 9.84 Å². The molecule has 0 bridgehead atoms. The number of benzene rings is 1. The molecule has 2 aromatic rings. The fraction of sp³-hybridized carbons (Fsp3) is 0. The summed E-state index contributed by atoms with van der Waals surface area (Å²) in [6.07, 6.45) is 0. The van der Waals surface area contributed by atoms with Crippen molar-refractivity contribution in [2.75, 3.05) is 0 Å². The van der Waals surface area contributed by atoms with E-state index < -0.39 is 11.9 Å². The minimum absolute atomic E-state index is 0.0379. The zero-order chi connectivity index (χ0) is 14.7. The predicted octanol–water partition coefficient (Wildman–Crippen LogP) is 3.31. The summed E-state index contributed by atoms with van der Waals surface area (Å²) >= 11 is 11.4. The first-order valence-electron chi connectivity index (χ1n) is 5.35. The molecule has 0 unspecified atom stereocenters. The molecule has 102 valence electrons. The van der Waals surface area contributed by atoms with Crippen molar-refractivity contribution in [2.24, 2.45) is 0 Å². The highest BCUT2D eigenvalue weighted by atomic mass is 35.5. The lowest BCUT2D eigenvalue weighted by molar-refractivity contribution is 0.0681. The lowest BCUT2D eigenvalue weighted by Crippen LogP contribution is -2.11. The number of halogens is 2. The minimum Gasteiger partial charge on any atom is -0.478 e. The minimum atomic E-state index is -1.20. The fourth-order valence-corrected chi connectivity index (χ4v) is 1.93. The zero-order valence-electron chi connectivity index (χ0n) is 9.84. The van der Waals surface area contributed by atoms with Crippen LogP contribution in [0.15, 0.2) is 36.4 Å². The Labute approximate surface area is 123 Å². The molecular formula is C13H7Cl2NO4. The molecule has 5 nitrogen and oxygen atoms in total. The molecule has 1 heterocycles. The van der Waals surface area contributed by atoms with E-state index in [0.29, 0.717) is 0 Å². The molecule has 0 radical (unpaired) electrons. The third kappa shape index (κ3) is 3.26. The van der Waals surface area contributed by atoms with Gasteiger partial charge in [-0.15, -0.1) is 0 Å². The van der Waals surface area contributed by atoms with Gasteiger partial charge in [0.2, 0.25) is 0 Å². The van der Waals surface area contributed by atoms with Gasteiger partial charge in [0.1, 0.15) is 21.6 Å². The van der Waals surface area contributed by atoms with Gasteiger partial charge in [0.25, 0.3) is 0 Å². The van der Waals surface area contributed by atoms with E-state index in [1.54, 1.807) is 6.07 Å². The van der Waals surface area contributed by atoms with Crippen molar-refractivity contribution in [3.8, 4) is 5.75 Å². The molecule has 0 amide bonds. The van der Waals surface area contributed by atoms with Gasteiger partial charge >= 0.3 is 11.9 Å². The SMILES string of the molecule is O=C(Oc1ccccc1C(=O)O)c1cc(Cl)nc(Cl)c1. The maximum Gasteiger partial charge on any atom is 0.343 e. The maximum atomic E-state index is 11.9. The first-order chi connectivity index (χ1) is 9.47. The molecule has 0 aliphatic carbocycles. The number of carbonyl (C=O) groups is 2. The van der Waals surface area contributed by atoms with Crippen LogP contribution in [-0.4, -0.2) is 22.0 Å². The van der Waals surface area contributed by atoms with Crippen LogP contribution in [0, 0.1) is 0 Å². The van der Waals surface area contributed by atoms with Crippen molar-refractivity contribution in [1.29, 1.82) is 0 Å². The van der Waals surface area contributed by atoms with Crippen LogP contribution in [0.2, 0.25) is 10.3 Å². The molecule has 7 heteroatoms. The van der Waals surface area contributed by atoms with Gasteiger partial charge in [-0.05, 0) is 24.3 Å². The second-order valence-corrected chi connectivity index (χ2v) is 4.47. The van der Waals surface area contributed by atoms with E-state index in [0.717, 1.165) is 0 Å². The number of carbonyl (C=O) groups excluding carboxylic acids is 1. The molecular weight excluding hydrogens is 305 g/mol. The van der Waals surface area contributed by atoms with Crippen LogP contribution in [0.1, 0.15) is 20.7 Å². The van der Waals surface area contributed by atoms with E-state index >= 15 is 0 Å². The Balaban J connectivity index is 2.30. The number of para-hydroxylation sites is 1. The Morgan fingerprint density at radius 1 is 1.10 bits per heavy atom. The molecule has 0 aliphatic heterocycles. The topological polar surface area (TPSA) is 76.5 Å². The number of nitrogens with zero attached hydrogens (tertiary/aromatic N) is 1. The summed E-state index contributed by atoms with van der Waals surface area (Å²) in [5.41, 5.74) is -0.0395. The van der Waals surface area contributed by atoms with Gasteiger partial charge in [0, 0.05) is 0 Å². The van der Waals surface area contributed by atoms with Gasteiger partial charge in [-0.1, -0.05) is 35.3 Å². The summed E-state index contributed by atoms with van der Waals surface area (Å²) in [5, 5.41) is 9.07. The fourth-order valence-electron chi connectivity index (χ4n) is 1.47. The molecule has 20 heavy (non-hydrogen) atoms. The molecule has 1 N–H and O–H groups in total. The average molecular weight is 312 g/mol. The maximum absolute atomic E-state index is 11.9. The van der Waals surface area contributed by atoms with Gasteiger partial charge in [0.15, 0.2) is 0 Å². The van der Waals surface area contributed by atoms with Gasteiger partial charge in [-0.25, -0.2) is 14.6 Å².